The standard InChI is InChI=1S/C21H19FN2O3/c22-17-5-1-3-15-4-2-12-23(20(15)17)21(27)16-8-6-14(7-9-16)13-24-18(25)10-11-19(24)26/h1,3,5-9H,2,4,10-13H2. The lowest BCUT2D eigenvalue weighted by Gasteiger charge is -2.30. The fourth-order valence-electron chi connectivity index (χ4n) is 3.70. The molecule has 0 spiro atoms. The van der Waals surface area contributed by atoms with Gasteiger partial charge in [0.1, 0.15) is 5.82 Å². The van der Waals surface area contributed by atoms with Crippen molar-refractivity contribution < 1.29 is 18.8 Å². The second-order valence-electron chi connectivity index (χ2n) is 6.88. The van der Waals surface area contributed by atoms with E-state index in [-0.39, 0.29) is 42.9 Å². The maximum atomic E-state index is 14.3. The third-order valence-corrected chi connectivity index (χ3v) is 5.11. The summed E-state index contributed by atoms with van der Waals surface area (Å²) in [5, 5.41) is 0. The van der Waals surface area contributed by atoms with Gasteiger partial charge in [0.25, 0.3) is 5.91 Å². The molecule has 2 aliphatic heterocycles. The Balaban J connectivity index is 1.54. The number of nitrogens with zero attached hydrogens (tertiary/aromatic N) is 2. The zero-order chi connectivity index (χ0) is 19.0. The van der Waals surface area contributed by atoms with Gasteiger partial charge >= 0.3 is 0 Å². The maximum absolute atomic E-state index is 14.3. The van der Waals surface area contributed by atoms with Crippen molar-refractivity contribution >= 4 is 23.4 Å². The highest BCUT2D eigenvalue weighted by Crippen LogP contribution is 2.31. The van der Waals surface area contributed by atoms with Crippen LogP contribution in [-0.2, 0) is 22.6 Å². The van der Waals surface area contributed by atoms with Crippen molar-refractivity contribution in [3.63, 3.8) is 0 Å². The number of hydrogen-bond donors (Lipinski definition) is 0. The highest BCUT2D eigenvalue weighted by molar-refractivity contribution is 6.07. The lowest BCUT2D eigenvalue weighted by atomic mass is 10.00. The number of hydrogen-bond acceptors (Lipinski definition) is 3. The van der Waals surface area contributed by atoms with Crippen molar-refractivity contribution in [1.29, 1.82) is 0 Å². The normalized spacial score (nSPS) is 16.6. The van der Waals surface area contributed by atoms with E-state index in [1.807, 2.05) is 6.07 Å². The second kappa shape index (κ2) is 6.95. The fraction of sp³-hybridized carbons (Fsp3) is 0.286. The smallest absolute Gasteiger partial charge is 0.258 e. The van der Waals surface area contributed by atoms with E-state index >= 15 is 0 Å². The van der Waals surface area contributed by atoms with Crippen LogP contribution in [0.3, 0.4) is 0 Å². The molecule has 27 heavy (non-hydrogen) atoms. The highest BCUT2D eigenvalue weighted by Gasteiger charge is 2.29. The summed E-state index contributed by atoms with van der Waals surface area (Å²) in [6.07, 6.45) is 2.07. The van der Waals surface area contributed by atoms with Crippen LogP contribution in [0, 0.1) is 5.82 Å². The number of benzene rings is 2. The van der Waals surface area contributed by atoms with E-state index in [1.165, 1.54) is 15.9 Å². The van der Waals surface area contributed by atoms with Gasteiger partial charge in [-0.3, -0.25) is 19.3 Å². The number of carbonyl (C=O) groups is 3. The number of halogens is 1. The number of amides is 3. The Labute approximate surface area is 156 Å². The topological polar surface area (TPSA) is 57.7 Å². The molecule has 138 valence electrons. The monoisotopic (exact) mass is 366 g/mol. The molecule has 0 radical (unpaired) electrons. The number of carbonyl (C=O) groups excluding carboxylic acids is 3. The Morgan fingerprint density at radius 2 is 1.67 bits per heavy atom. The molecular weight excluding hydrogens is 347 g/mol. The number of para-hydroxylation sites is 1. The molecular formula is C21H19FN2O3. The second-order valence-corrected chi connectivity index (χ2v) is 6.88. The van der Waals surface area contributed by atoms with Crippen molar-refractivity contribution in [3.8, 4) is 0 Å². The largest absolute Gasteiger partial charge is 0.305 e. The molecule has 2 aliphatic rings. The first-order chi connectivity index (χ1) is 13.0. The van der Waals surface area contributed by atoms with E-state index in [1.54, 1.807) is 30.3 Å². The van der Waals surface area contributed by atoms with Crippen LogP contribution < -0.4 is 4.90 Å². The summed E-state index contributed by atoms with van der Waals surface area (Å²) >= 11 is 0. The quantitative estimate of drug-likeness (QED) is 0.785. The molecule has 0 bridgehead atoms. The Hall–Kier alpha value is -3.02. The van der Waals surface area contributed by atoms with E-state index in [0.29, 0.717) is 17.8 Å². The zero-order valence-corrected chi connectivity index (χ0v) is 14.8. The van der Waals surface area contributed by atoms with Crippen LogP contribution in [0.15, 0.2) is 42.5 Å². The number of imide groups is 1. The maximum Gasteiger partial charge on any atom is 0.258 e. The number of anilines is 1. The van der Waals surface area contributed by atoms with Crippen LogP contribution in [0.1, 0.15) is 40.7 Å². The summed E-state index contributed by atoms with van der Waals surface area (Å²) in [6.45, 7) is 0.693. The summed E-state index contributed by atoms with van der Waals surface area (Å²) in [4.78, 5) is 39.1. The summed E-state index contributed by atoms with van der Waals surface area (Å²) in [5.74, 6) is -0.967. The summed E-state index contributed by atoms with van der Waals surface area (Å²) in [6, 6.07) is 11.7. The van der Waals surface area contributed by atoms with E-state index in [0.717, 1.165) is 24.0 Å². The Morgan fingerprint density at radius 1 is 0.963 bits per heavy atom. The first-order valence-electron chi connectivity index (χ1n) is 9.06. The molecule has 0 aromatic heterocycles. The van der Waals surface area contributed by atoms with Crippen molar-refractivity contribution in [2.75, 3.05) is 11.4 Å². The van der Waals surface area contributed by atoms with Crippen molar-refractivity contribution in [3.05, 3.63) is 65.0 Å². The molecule has 2 heterocycles. The Bertz CT molecular complexity index is 908. The van der Waals surface area contributed by atoms with Crippen LogP contribution in [-0.4, -0.2) is 29.2 Å². The van der Waals surface area contributed by atoms with Gasteiger partial charge in [-0.1, -0.05) is 24.3 Å². The van der Waals surface area contributed by atoms with Crippen LogP contribution in [0.2, 0.25) is 0 Å². The first-order valence-corrected chi connectivity index (χ1v) is 9.06. The minimum atomic E-state index is -0.386. The summed E-state index contributed by atoms with van der Waals surface area (Å²) in [5.41, 5.74) is 2.44. The molecule has 2 aromatic rings. The predicted molar refractivity (Wildman–Crippen MR) is 97.6 cm³/mol. The van der Waals surface area contributed by atoms with E-state index in [2.05, 4.69) is 0 Å². The molecule has 5 nitrogen and oxygen atoms in total. The van der Waals surface area contributed by atoms with Gasteiger partial charge in [-0.25, -0.2) is 4.39 Å². The molecule has 6 heteroatoms. The Kier molecular flexibility index (Phi) is 4.48. The number of rotatable bonds is 3. The molecule has 3 amide bonds. The summed E-state index contributed by atoms with van der Waals surface area (Å²) in [7, 11) is 0. The van der Waals surface area contributed by atoms with Gasteiger partial charge in [-0.05, 0) is 42.2 Å². The molecule has 0 atom stereocenters. The zero-order valence-electron chi connectivity index (χ0n) is 14.8. The third kappa shape index (κ3) is 3.23. The van der Waals surface area contributed by atoms with Crippen molar-refractivity contribution in [2.24, 2.45) is 0 Å². The van der Waals surface area contributed by atoms with E-state index in [4.69, 9.17) is 0 Å². The van der Waals surface area contributed by atoms with Crippen molar-refractivity contribution in [2.45, 2.75) is 32.2 Å². The average molecular weight is 366 g/mol. The Morgan fingerprint density at radius 3 is 2.37 bits per heavy atom. The first kappa shape index (κ1) is 17.4. The number of aryl methyl sites for hydroxylation is 1. The van der Waals surface area contributed by atoms with Gasteiger partial charge < -0.3 is 4.90 Å². The fourth-order valence-corrected chi connectivity index (χ4v) is 3.70. The van der Waals surface area contributed by atoms with Gasteiger partial charge in [0.15, 0.2) is 0 Å². The molecule has 1 fully saturated rings. The lowest BCUT2D eigenvalue weighted by molar-refractivity contribution is -0.139. The molecule has 0 N–H and O–H groups in total. The van der Waals surface area contributed by atoms with Gasteiger partial charge in [-0.15, -0.1) is 0 Å². The third-order valence-electron chi connectivity index (χ3n) is 5.11. The molecule has 2 aromatic carbocycles. The van der Waals surface area contributed by atoms with E-state index in [9.17, 15) is 18.8 Å². The minimum Gasteiger partial charge on any atom is -0.305 e. The molecule has 0 aliphatic carbocycles. The van der Waals surface area contributed by atoms with Gasteiger partial charge in [0.05, 0.1) is 12.2 Å². The number of likely N-dealkylation sites (tertiary alicyclic amines) is 1. The van der Waals surface area contributed by atoms with Crippen LogP contribution >= 0.6 is 0 Å². The van der Waals surface area contributed by atoms with Crippen LogP contribution in [0.25, 0.3) is 0 Å². The molecule has 4 rings (SSSR count). The average Bonchev–Trinajstić information content (AvgIpc) is 3.00. The van der Waals surface area contributed by atoms with Gasteiger partial charge in [-0.2, -0.15) is 0 Å². The molecule has 0 unspecified atom stereocenters. The SMILES string of the molecule is O=C1CCC(=O)N1Cc1ccc(C(=O)N2CCCc3cccc(F)c32)cc1. The predicted octanol–water partition coefficient (Wildman–Crippen LogP) is 3.07. The number of fused-ring (bicyclic) bond motifs is 1. The van der Waals surface area contributed by atoms with Crippen molar-refractivity contribution in [1.82, 2.24) is 4.90 Å². The van der Waals surface area contributed by atoms with E-state index < -0.39 is 0 Å². The van der Waals surface area contributed by atoms with Crippen LogP contribution in [0.4, 0.5) is 10.1 Å². The lowest BCUT2D eigenvalue weighted by Crippen LogP contribution is -2.36. The summed E-state index contributed by atoms with van der Waals surface area (Å²) < 4.78 is 14.3. The van der Waals surface area contributed by atoms with Gasteiger partial charge in [0.2, 0.25) is 11.8 Å². The van der Waals surface area contributed by atoms with Crippen LogP contribution in [0.5, 0.6) is 0 Å². The van der Waals surface area contributed by atoms with Gasteiger partial charge in [0, 0.05) is 24.9 Å². The minimum absolute atomic E-state index is 0.166. The molecule has 1 saturated heterocycles. The molecule has 0 saturated carbocycles. The highest BCUT2D eigenvalue weighted by atomic mass is 19.1.